The molecular weight excluding hydrogens is 350 g/mol. The summed E-state index contributed by atoms with van der Waals surface area (Å²) in [5.41, 5.74) is 1.11. The molecule has 2 aromatic rings. The van der Waals surface area contributed by atoms with Gasteiger partial charge in [0.1, 0.15) is 10.8 Å². The van der Waals surface area contributed by atoms with Crippen molar-refractivity contribution in [1.82, 2.24) is 4.98 Å². The van der Waals surface area contributed by atoms with Crippen molar-refractivity contribution in [2.45, 2.75) is 11.7 Å². The number of hydrogen-bond acceptors (Lipinski definition) is 5. The molecule has 1 aromatic carbocycles. The van der Waals surface area contributed by atoms with E-state index in [-0.39, 0.29) is 24.9 Å². The van der Waals surface area contributed by atoms with Crippen LogP contribution < -0.4 is 10.0 Å². The molecule has 1 atom stereocenters. The minimum absolute atomic E-state index is 0.0361. The third-order valence-corrected chi connectivity index (χ3v) is 4.86. The Kier molecular flexibility index (Phi) is 3.07. The van der Waals surface area contributed by atoms with Gasteiger partial charge in [0.2, 0.25) is 15.9 Å². The molecule has 0 bridgehead atoms. The molecule has 1 fully saturated rings. The van der Waals surface area contributed by atoms with E-state index in [0.29, 0.717) is 11.1 Å². The molecule has 9 heteroatoms. The molecule has 1 aromatic heterocycles. The van der Waals surface area contributed by atoms with Crippen molar-refractivity contribution in [3.63, 3.8) is 0 Å². The first-order valence-electron chi connectivity index (χ1n) is 5.72. The van der Waals surface area contributed by atoms with E-state index >= 15 is 0 Å². The Balaban J connectivity index is 1.97. The fraction of sp³-hybridized carbons (Fsp3) is 0.273. The summed E-state index contributed by atoms with van der Waals surface area (Å²) >= 11 is 3.31. The molecule has 3 rings (SSSR count). The third kappa shape index (κ3) is 2.32. The standard InChI is InChI=1S/C11H10BrN3O4S/c12-6-1-2-8-9(3-6)19-11(14-8)15-5-7(4-10(15)16)20(13,17)18/h1-3,7H,4-5H2,(H2,13,17,18). The smallest absolute Gasteiger partial charge is 0.305 e. The van der Waals surface area contributed by atoms with E-state index in [9.17, 15) is 13.2 Å². The minimum atomic E-state index is -3.75. The molecule has 0 saturated carbocycles. The fourth-order valence-electron chi connectivity index (χ4n) is 2.08. The van der Waals surface area contributed by atoms with Gasteiger partial charge in [-0.25, -0.2) is 13.6 Å². The maximum atomic E-state index is 11.9. The zero-order valence-corrected chi connectivity index (χ0v) is 12.5. The van der Waals surface area contributed by atoms with Crippen LogP contribution in [-0.4, -0.2) is 31.1 Å². The molecule has 0 aliphatic carbocycles. The highest BCUT2D eigenvalue weighted by Gasteiger charge is 2.39. The Bertz CT molecular complexity index is 801. The van der Waals surface area contributed by atoms with Gasteiger partial charge in [0.05, 0.1) is 0 Å². The number of anilines is 1. The number of nitrogens with zero attached hydrogens (tertiary/aromatic N) is 2. The number of benzene rings is 1. The van der Waals surface area contributed by atoms with Crippen LogP contribution in [0.1, 0.15) is 6.42 Å². The van der Waals surface area contributed by atoms with Crippen LogP contribution in [0.5, 0.6) is 0 Å². The highest BCUT2D eigenvalue weighted by Crippen LogP contribution is 2.28. The lowest BCUT2D eigenvalue weighted by Gasteiger charge is -2.10. The number of halogens is 1. The van der Waals surface area contributed by atoms with Crippen molar-refractivity contribution in [3.8, 4) is 0 Å². The Morgan fingerprint density at radius 2 is 2.20 bits per heavy atom. The number of fused-ring (bicyclic) bond motifs is 1. The minimum Gasteiger partial charge on any atom is -0.423 e. The van der Waals surface area contributed by atoms with E-state index in [1.54, 1.807) is 18.2 Å². The van der Waals surface area contributed by atoms with Crippen molar-refractivity contribution in [1.29, 1.82) is 0 Å². The van der Waals surface area contributed by atoms with E-state index < -0.39 is 15.3 Å². The van der Waals surface area contributed by atoms with Gasteiger partial charge in [0.15, 0.2) is 5.58 Å². The molecule has 1 aliphatic heterocycles. The first kappa shape index (κ1) is 13.5. The zero-order valence-electron chi connectivity index (χ0n) is 10.1. The van der Waals surface area contributed by atoms with E-state index in [2.05, 4.69) is 20.9 Å². The molecule has 1 aliphatic rings. The molecule has 0 radical (unpaired) electrons. The largest absolute Gasteiger partial charge is 0.423 e. The number of aromatic nitrogens is 1. The lowest BCUT2D eigenvalue weighted by atomic mass is 10.3. The summed E-state index contributed by atoms with van der Waals surface area (Å²) in [6.45, 7) is -0.0361. The quantitative estimate of drug-likeness (QED) is 0.859. The van der Waals surface area contributed by atoms with Crippen LogP contribution in [0.25, 0.3) is 11.1 Å². The summed E-state index contributed by atoms with van der Waals surface area (Å²) < 4.78 is 28.9. The van der Waals surface area contributed by atoms with Crippen molar-refractivity contribution in [3.05, 3.63) is 22.7 Å². The van der Waals surface area contributed by atoms with Crippen LogP contribution in [0.2, 0.25) is 0 Å². The lowest BCUT2D eigenvalue weighted by molar-refractivity contribution is -0.117. The normalized spacial score (nSPS) is 20.0. The number of carbonyl (C=O) groups excluding carboxylic acids is 1. The lowest BCUT2D eigenvalue weighted by Crippen LogP contribution is -2.32. The van der Waals surface area contributed by atoms with Crippen LogP contribution in [0, 0.1) is 0 Å². The number of sulfonamides is 1. The maximum Gasteiger partial charge on any atom is 0.305 e. The average Bonchev–Trinajstić information content (AvgIpc) is 2.90. The van der Waals surface area contributed by atoms with Gasteiger partial charge in [-0.2, -0.15) is 4.98 Å². The van der Waals surface area contributed by atoms with Gasteiger partial charge in [0.25, 0.3) is 0 Å². The van der Waals surface area contributed by atoms with Crippen molar-refractivity contribution < 1.29 is 17.6 Å². The van der Waals surface area contributed by atoms with E-state index in [4.69, 9.17) is 9.56 Å². The van der Waals surface area contributed by atoms with E-state index in [0.717, 1.165) is 4.47 Å². The summed E-state index contributed by atoms with van der Waals surface area (Å²) in [5, 5.41) is 4.15. The van der Waals surface area contributed by atoms with Crippen LogP contribution in [0.15, 0.2) is 27.1 Å². The molecule has 7 nitrogen and oxygen atoms in total. The molecular formula is C11H10BrN3O4S. The second-order valence-corrected chi connectivity index (χ2v) is 7.29. The van der Waals surface area contributed by atoms with Gasteiger partial charge in [-0.1, -0.05) is 15.9 Å². The summed E-state index contributed by atoms with van der Waals surface area (Å²) in [6, 6.07) is 5.36. The predicted octanol–water partition coefficient (Wildman–Crippen LogP) is 0.984. The van der Waals surface area contributed by atoms with Gasteiger partial charge in [0, 0.05) is 17.4 Å². The molecule has 1 saturated heterocycles. The van der Waals surface area contributed by atoms with Gasteiger partial charge in [-0.15, -0.1) is 0 Å². The number of primary sulfonamides is 1. The van der Waals surface area contributed by atoms with Gasteiger partial charge in [-0.3, -0.25) is 9.69 Å². The number of rotatable bonds is 2. The molecule has 1 amide bonds. The topological polar surface area (TPSA) is 106 Å². The van der Waals surface area contributed by atoms with E-state index in [1.807, 2.05) is 0 Å². The Hall–Kier alpha value is -1.45. The summed E-state index contributed by atoms with van der Waals surface area (Å²) in [5.74, 6) is -0.366. The van der Waals surface area contributed by atoms with Crippen LogP contribution in [0.4, 0.5) is 6.01 Å². The number of oxazole rings is 1. The second-order valence-electron chi connectivity index (χ2n) is 4.53. The Morgan fingerprint density at radius 3 is 2.85 bits per heavy atom. The molecule has 106 valence electrons. The first-order chi connectivity index (χ1) is 9.34. The first-order valence-corrected chi connectivity index (χ1v) is 8.13. The number of amides is 1. The van der Waals surface area contributed by atoms with Crippen molar-refractivity contribution in [2.24, 2.45) is 5.14 Å². The fourth-order valence-corrected chi connectivity index (χ4v) is 3.15. The molecule has 20 heavy (non-hydrogen) atoms. The van der Waals surface area contributed by atoms with E-state index in [1.165, 1.54) is 4.90 Å². The third-order valence-electron chi connectivity index (χ3n) is 3.12. The van der Waals surface area contributed by atoms with Crippen LogP contribution >= 0.6 is 15.9 Å². The van der Waals surface area contributed by atoms with Gasteiger partial charge in [-0.05, 0) is 18.2 Å². The molecule has 2 N–H and O–H groups in total. The number of nitrogens with two attached hydrogens (primary N) is 1. The van der Waals surface area contributed by atoms with Gasteiger partial charge >= 0.3 is 6.01 Å². The molecule has 2 heterocycles. The second kappa shape index (κ2) is 4.54. The Labute approximate surface area is 122 Å². The Morgan fingerprint density at radius 1 is 1.45 bits per heavy atom. The van der Waals surface area contributed by atoms with Crippen molar-refractivity contribution >= 4 is 49.0 Å². The highest BCUT2D eigenvalue weighted by molar-refractivity contribution is 9.10. The van der Waals surface area contributed by atoms with Gasteiger partial charge < -0.3 is 4.42 Å². The van der Waals surface area contributed by atoms with Crippen molar-refractivity contribution in [2.75, 3.05) is 11.4 Å². The zero-order chi connectivity index (χ0) is 14.5. The summed E-state index contributed by atoms with van der Waals surface area (Å²) in [7, 11) is -3.75. The molecule has 0 spiro atoms. The summed E-state index contributed by atoms with van der Waals surface area (Å²) in [4.78, 5) is 17.3. The highest BCUT2D eigenvalue weighted by atomic mass is 79.9. The maximum absolute atomic E-state index is 11.9. The number of carbonyl (C=O) groups is 1. The predicted molar refractivity (Wildman–Crippen MR) is 75.6 cm³/mol. The average molecular weight is 360 g/mol. The molecule has 1 unspecified atom stereocenters. The van der Waals surface area contributed by atoms with Crippen LogP contribution in [-0.2, 0) is 14.8 Å². The number of hydrogen-bond donors (Lipinski definition) is 1. The van der Waals surface area contributed by atoms with Crippen LogP contribution in [0.3, 0.4) is 0 Å². The monoisotopic (exact) mass is 359 g/mol. The SMILES string of the molecule is NS(=O)(=O)C1CC(=O)N(c2nc3ccc(Br)cc3o2)C1. The summed E-state index contributed by atoms with van der Waals surface area (Å²) in [6.07, 6.45) is -0.152.